The predicted octanol–water partition coefficient (Wildman–Crippen LogP) is 3.53. The number of pyridine rings is 1. The molecule has 2 N–H and O–H groups in total. The van der Waals surface area contributed by atoms with Crippen LogP contribution in [0, 0.1) is 0 Å². The van der Waals surface area contributed by atoms with E-state index in [1.54, 1.807) is 12.4 Å². The molecule has 1 aliphatic heterocycles. The number of hydrazine groups is 1. The van der Waals surface area contributed by atoms with Crippen LogP contribution >= 0.6 is 0 Å². The molecule has 0 saturated carbocycles. The van der Waals surface area contributed by atoms with Crippen LogP contribution in [0.3, 0.4) is 0 Å². The molecule has 2 heterocycles. The van der Waals surface area contributed by atoms with Gasteiger partial charge in [-0.2, -0.15) is 0 Å². The lowest BCUT2D eigenvalue weighted by atomic mass is 10.00. The Morgan fingerprint density at radius 2 is 2.00 bits per heavy atom. The third-order valence-corrected chi connectivity index (χ3v) is 4.35. The first-order valence-corrected chi connectivity index (χ1v) is 7.84. The smallest absolute Gasteiger partial charge is 0.306 e. The van der Waals surface area contributed by atoms with Gasteiger partial charge in [-0.3, -0.25) is 10.4 Å². The third-order valence-electron chi connectivity index (χ3n) is 4.35. The normalized spacial score (nSPS) is 22.5. The summed E-state index contributed by atoms with van der Waals surface area (Å²) < 4.78 is 0. The minimum atomic E-state index is -0.190. The molecule has 1 aromatic carbocycles. The Balaban J connectivity index is 1.73. The van der Waals surface area contributed by atoms with Crippen molar-refractivity contribution < 1.29 is 4.79 Å². The summed E-state index contributed by atoms with van der Waals surface area (Å²) in [6, 6.07) is 8.27. The maximum Gasteiger partial charge on any atom is 0.333 e. The van der Waals surface area contributed by atoms with Gasteiger partial charge in [0.1, 0.15) is 0 Å². The zero-order valence-electron chi connectivity index (χ0n) is 13.0. The van der Waals surface area contributed by atoms with E-state index in [4.69, 9.17) is 0 Å². The molecule has 22 heavy (non-hydrogen) atoms. The van der Waals surface area contributed by atoms with Crippen LogP contribution in [0.25, 0.3) is 10.8 Å². The van der Waals surface area contributed by atoms with E-state index in [0.717, 1.165) is 29.3 Å². The van der Waals surface area contributed by atoms with Crippen molar-refractivity contribution in [2.24, 2.45) is 0 Å². The van der Waals surface area contributed by atoms with Gasteiger partial charge in [0, 0.05) is 35.2 Å². The maximum atomic E-state index is 12.3. The fourth-order valence-electron chi connectivity index (χ4n) is 3.14. The number of rotatable bonds is 2. The van der Waals surface area contributed by atoms with Crippen molar-refractivity contribution in [3.63, 3.8) is 0 Å². The summed E-state index contributed by atoms with van der Waals surface area (Å²) in [5.41, 5.74) is 3.80. The molecule has 3 rings (SSSR count). The van der Waals surface area contributed by atoms with Gasteiger partial charge in [0.05, 0.1) is 5.69 Å². The summed E-state index contributed by atoms with van der Waals surface area (Å²) in [5, 5.41) is 7.02. The molecule has 2 unspecified atom stereocenters. The zero-order valence-corrected chi connectivity index (χ0v) is 13.0. The van der Waals surface area contributed by atoms with Crippen LogP contribution in [-0.4, -0.2) is 28.1 Å². The van der Waals surface area contributed by atoms with E-state index in [9.17, 15) is 4.79 Å². The topological polar surface area (TPSA) is 57.3 Å². The summed E-state index contributed by atoms with van der Waals surface area (Å²) in [6.45, 7) is 4.30. The molecule has 2 amide bonds. The second-order valence-electron chi connectivity index (χ2n) is 6.00. The Bertz CT molecular complexity index is 657. The molecule has 0 aliphatic carbocycles. The maximum absolute atomic E-state index is 12.3. The van der Waals surface area contributed by atoms with Crippen molar-refractivity contribution in [2.45, 2.75) is 45.2 Å². The molecule has 0 spiro atoms. The van der Waals surface area contributed by atoms with E-state index < -0.39 is 0 Å². The summed E-state index contributed by atoms with van der Waals surface area (Å²) in [5.74, 6) is 0. The highest BCUT2D eigenvalue weighted by Crippen LogP contribution is 2.23. The van der Waals surface area contributed by atoms with Crippen molar-refractivity contribution >= 4 is 22.5 Å². The van der Waals surface area contributed by atoms with Gasteiger partial charge in [-0.1, -0.05) is 18.6 Å². The molecule has 1 aromatic heterocycles. The summed E-state index contributed by atoms with van der Waals surface area (Å²) in [4.78, 5) is 16.4. The highest BCUT2D eigenvalue weighted by atomic mass is 16.2. The summed E-state index contributed by atoms with van der Waals surface area (Å²) in [7, 11) is 0. The van der Waals surface area contributed by atoms with Crippen molar-refractivity contribution in [2.75, 3.05) is 5.32 Å². The lowest BCUT2D eigenvalue weighted by Gasteiger charge is -2.38. The van der Waals surface area contributed by atoms with E-state index >= 15 is 0 Å². The first kappa shape index (κ1) is 14.8. The van der Waals surface area contributed by atoms with Gasteiger partial charge in [-0.15, -0.1) is 0 Å². The first-order valence-electron chi connectivity index (χ1n) is 7.84. The molecule has 2 atom stereocenters. The Morgan fingerprint density at radius 3 is 2.77 bits per heavy atom. The quantitative estimate of drug-likeness (QED) is 0.891. The summed E-state index contributed by atoms with van der Waals surface area (Å²) >= 11 is 0. The molecule has 1 saturated heterocycles. The van der Waals surface area contributed by atoms with Crippen LogP contribution in [0.2, 0.25) is 0 Å². The molecule has 1 fully saturated rings. The van der Waals surface area contributed by atoms with Gasteiger partial charge in [0.15, 0.2) is 0 Å². The number of amides is 2. The van der Waals surface area contributed by atoms with E-state index in [0.29, 0.717) is 12.1 Å². The largest absolute Gasteiger partial charge is 0.333 e. The van der Waals surface area contributed by atoms with Crippen molar-refractivity contribution in [1.29, 1.82) is 0 Å². The predicted molar refractivity (Wildman–Crippen MR) is 88.5 cm³/mol. The molecule has 1 aliphatic rings. The fraction of sp³-hybridized carbons (Fsp3) is 0.412. The van der Waals surface area contributed by atoms with Crippen LogP contribution in [-0.2, 0) is 0 Å². The molecule has 5 nitrogen and oxygen atoms in total. The molecular weight excluding hydrogens is 276 g/mol. The minimum absolute atomic E-state index is 0.190. The average molecular weight is 298 g/mol. The van der Waals surface area contributed by atoms with Crippen LogP contribution in [0.1, 0.15) is 33.1 Å². The number of hydrogen-bond acceptors (Lipinski definition) is 3. The van der Waals surface area contributed by atoms with E-state index in [-0.39, 0.29) is 6.03 Å². The monoisotopic (exact) mass is 298 g/mol. The number of carbonyl (C=O) groups excluding carboxylic acids is 1. The molecule has 2 aromatic rings. The number of aromatic nitrogens is 1. The van der Waals surface area contributed by atoms with Gasteiger partial charge in [0.2, 0.25) is 0 Å². The van der Waals surface area contributed by atoms with E-state index in [1.807, 2.05) is 24.3 Å². The lowest BCUT2D eigenvalue weighted by molar-refractivity contribution is 0.0625. The second kappa shape index (κ2) is 6.32. The van der Waals surface area contributed by atoms with Gasteiger partial charge < -0.3 is 5.32 Å². The molecule has 0 radical (unpaired) electrons. The van der Waals surface area contributed by atoms with Gasteiger partial charge in [0.25, 0.3) is 0 Å². The highest BCUT2D eigenvalue weighted by molar-refractivity contribution is 6.01. The Labute approximate surface area is 130 Å². The Hall–Kier alpha value is -2.14. The number of anilines is 1. The van der Waals surface area contributed by atoms with E-state index in [2.05, 4.69) is 34.6 Å². The molecule has 5 heteroatoms. The van der Waals surface area contributed by atoms with Crippen LogP contribution in [0.4, 0.5) is 10.5 Å². The third kappa shape index (κ3) is 3.04. The van der Waals surface area contributed by atoms with Gasteiger partial charge in [-0.25, -0.2) is 9.80 Å². The van der Waals surface area contributed by atoms with Crippen molar-refractivity contribution in [1.82, 2.24) is 15.4 Å². The molecule has 116 valence electrons. The fourth-order valence-corrected chi connectivity index (χ4v) is 3.14. The molecular formula is C17H22N4O. The standard InChI is InChI=1S/C17H22N4O/c1-12-5-3-6-13(2)21(12)20-17(22)19-16-8-4-7-14-11-18-10-9-15(14)16/h4,7-13H,3,5-6H2,1-2H3,(H2,19,20,22). The Kier molecular flexibility index (Phi) is 4.24. The van der Waals surface area contributed by atoms with Gasteiger partial charge in [-0.05, 0) is 38.8 Å². The average Bonchev–Trinajstić information content (AvgIpc) is 2.51. The minimum Gasteiger partial charge on any atom is -0.306 e. The summed E-state index contributed by atoms with van der Waals surface area (Å²) in [6.07, 6.45) is 6.99. The number of urea groups is 1. The van der Waals surface area contributed by atoms with Crippen molar-refractivity contribution in [3.8, 4) is 0 Å². The number of fused-ring (bicyclic) bond motifs is 1. The second-order valence-corrected chi connectivity index (χ2v) is 6.00. The number of piperidine rings is 1. The van der Waals surface area contributed by atoms with E-state index in [1.165, 1.54) is 6.42 Å². The zero-order chi connectivity index (χ0) is 15.5. The number of hydrogen-bond donors (Lipinski definition) is 2. The van der Waals surface area contributed by atoms with Gasteiger partial charge >= 0.3 is 6.03 Å². The highest BCUT2D eigenvalue weighted by Gasteiger charge is 2.26. The van der Waals surface area contributed by atoms with Crippen molar-refractivity contribution in [3.05, 3.63) is 36.7 Å². The lowest BCUT2D eigenvalue weighted by Crippen LogP contribution is -2.55. The van der Waals surface area contributed by atoms with Crippen LogP contribution < -0.4 is 10.7 Å². The number of benzene rings is 1. The SMILES string of the molecule is CC1CCCC(C)N1NC(=O)Nc1cccc2cnccc12. The number of carbonyl (C=O) groups is 1. The number of nitrogens with one attached hydrogen (secondary N) is 2. The molecule has 0 bridgehead atoms. The first-order chi connectivity index (χ1) is 10.6. The van der Waals surface area contributed by atoms with Crippen LogP contribution in [0.5, 0.6) is 0 Å². The van der Waals surface area contributed by atoms with Crippen LogP contribution in [0.15, 0.2) is 36.7 Å². The number of nitrogens with zero attached hydrogens (tertiary/aromatic N) is 2. The Morgan fingerprint density at radius 1 is 1.23 bits per heavy atom.